The molecule has 0 radical (unpaired) electrons. The van der Waals surface area contributed by atoms with E-state index in [0.29, 0.717) is 17.5 Å². The molecule has 0 saturated carbocycles. The summed E-state index contributed by atoms with van der Waals surface area (Å²) in [6, 6.07) is 7.08. The summed E-state index contributed by atoms with van der Waals surface area (Å²) in [5.41, 5.74) is 1.42. The summed E-state index contributed by atoms with van der Waals surface area (Å²) in [6.07, 6.45) is -4.28. The highest BCUT2D eigenvalue weighted by Gasteiger charge is 2.55. The van der Waals surface area contributed by atoms with Crippen molar-refractivity contribution in [3.63, 3.8) is 0 Å². The van der Waals surface area contributed by atoms with Crippen LogP contribution in [0.1, 0.15) is 77.2 Å². The zero-order valence-electron chi connectivity index (χ0n) is 22.6. The van der Waals surface area contributed by atoms with Gasteiger partial charge in [-0.05, 0) is 43.5 Å². The molecule has 2 aromatic carbocycles. The van der Waals surface area contributed by atoms with E-state index >= 15 is 0 Å². The van der Waals surface area contributed by atoms with E-state index in [1.165, 1.54) is 18.2 Å². The number of fused-ring (bicyclic) bond motifs is 6. The Morgan fingerprint density at radius 1 is 1.12 bits per heavy atom. The summed E-state index contributed by atoms with van der Waals surface area (Å²) >= 11 is 0. The topological polar surface area (TPSA) is 143 Å². The van der Waals surface area contributed by atoms with Crippen LogP contribution < -0.4 is 4.74 Å². The number of phenolic OH excluding ortho intramolecular Hbond substituents is 1. The van der Waals surface area contributed by atoms with Crippen molar-refractivity contribution in [3.05, 3.63) is 63.8 Å². The third-order valence-corrected chi connectivity index (χ3v) is 8.38. The predicted molar refractivity (Wildman–Crippen MR) is 140 cm³/mol. The first-order valence-electron chi connectivity index (χ1n) is 13.5. The Bertz CT molecular complexity index is 1470. The van der Waals surface area contributed by atoms with Crippen LogP contribution in [0.5, 0.6) is 11.5 Å². The number of ether oxygens (including phenoxy) is 3. The standard InChI is InChI=1S/C30H31NO9/c1-5-13(3)24-30(37)40-29-16-9-12(2)10-17(32)21(16)23-25(31(24)29)28(36)22-15(27(23)35)7-6-8-19(22)39-20-11-18(33)26(34)14(4)38-20/h6-10,13-14,18,20,24,26,29,32-34H,5,11H2,1-4H3/t13-,14+,18-,20+,24+,26+,29?/m1/s1. The van der Waals surface area contributed by atoms with Gasteiger partial charge in [-0.25, -0.2) is 4.79 Å². The first-order chi connectivity index (χ1) is 19.0. The second kappa shape index (κ2) is 9.43. The lowest BCUT2D eigenvalue weighted by Gasteiger charge is -2.40. The van der Waals surface area contributed by atoms with Gasteiger partial charge in [0.2, 0.25) is 18.3 Å². The predicted octanol–water partition coefficient (Wildman–Crippen LogP) is 3.01. The van der Waals surface area contributed by atoms with Crippen LogP contribution in [-0.2, 0) is 14.3 Å². The summed E-state index contributed by atoms with van der Waals surface area (Å²) in [5, 5.41) is 31.3. The van der Waals surface area contributed by atoms with Crippen molar-refractivity contribution in [1.29, 1.82) is 0 Å². The van der Waals surface area contributed by atoms with Crippen LogP contribution in [0.15, 0.2) is 36.0 Å². The van der Waals surface area contributed by atoms with Gasteiger partial charge in [0.1, 0.15) is 29.3 Å². The number of benzene rings is 2. The number of rotatable bonds is 4. The molecule has 0 bridgehead atoms. The molecule has 2 saturated heterocycles. The number of carbonyl (C=O) groups is 3. The van der Waals surface area contributed by atoms with Gasteiger partial charge in [-0.1, -0.05) is 32.4 Å². The molecule has 0 spiro atoms. The first-order valence-corrected chi connectivity index (χ1v) is 13.5. The Morgan fingerprint density at radius 3 is 2.58 bits per heavy atom. The number of hydrogen-bond donors (Lipinski definition) is 3. The van der Waals surface area contributed by atoms with Crippen LogP contribution >= 0.6 is 0 Å². The van der Waals surface area contributed by atoms with Gasteiger partial charge in [0, 0.05) is 23.1 Å². The van der Waals surface area contributed by atoms with Gasteiger partial charge in [-0.3, -0.25) is 9.59 Å². The Labute approximate surface area is 230 Å². The molecule has 3 aliphatic heterocycles. The molecule has 0 amide bonds. The summed E-state index contributed by atoms with van der Waals surface area (Å²) in [5.74, 6) is -1.86. The zero-order chi connectivity index (χ0) is 28.6. The Balaban J connectivity index is 1.52. The fraction of sp³-hybridized carbons (Fsp3) is 0.433. The number of aliphatic hydroxyl groups excluding tert-OH is 2. The number of esters is 1. The van der Waals surface area contributed by atoms with Gasteiger partial charge >= 0.3 is 5.97 Å². The largest absolute Gasteiger partial charge is 0.507 e. The average molecular weight is 550 g/mol. The minimum Gasteiger partial charge on any atom is -0.507 e. The maximum Gasteiger partial charge on any atom is 0.331 e. The molecule has 40 heavy (non-hydrogen) atoms. The summed E-state index contributed by atoms with van der Waals surface area (Å²) in [4.78, 5) is 43.4. The molecule has 2 aromatic rings. The molecule has 7 atom stereocenters. The lowest BCUT2D eigenvalue weighted by atomic mass is 9.77. The average Bonchev–Trinajstić information content (AvgIpc) is 3.26. The highest BCUT2D eigenvalue weighted by molar-refractivity contribution is 6.41. The van der Waals surface area contributed by atoms with Crippen LogP contribution in [0.2, 0.25) is 0 Å². The lowest BCUT2D eigenvalue weighted by Crippen LogP contribution is -2.48. The van der Waals surface area contributed by atoms with E-state index in [1.54, 1.807) is 30.9 Å². The lowest BCUT2D eigenvalue weighted by molar-refractivity contribution is -0.216. The van der Waals surface area contributed by atoms with Crippen molar-refractivity contribution >= 4 is 23.1 Å². The Kier molecular flexibility index (Phi) is 6.25. The van der Waals surface area contributed by atoms with E-state index in [-0.39, 0.29) is 51.8 Å². The van der Waals surface area contributed by atoms with Crippen LogP contribution in [-0.4, -0.2) is 68.4 Å². The van der Waals surface area contributed by atoms with E-state index in [0.717, 1.165) is 0 Å². The van der Waals surface area contributed by atoms with E-state index in [4.69, 9.17) is 14.2 Å². The Hall–Kier alpha value is -3.73. The fourth-order valence-electron chi connectivity index (χ4n) is 6.20. The second-order valence-electron chi connectivity index (χ2n) is 11.0. The van der Waals surface area contributed by atoms with Gasteiger partial charge in [0.15, 0.2) is 5.78 Å². The summed E-state index contributed by atoms with van der Waals surface area (Å²) < 4.78 is 17.5. The number of hydrogen-bond acceptors (Lipinski definition) is 10. The number of nitrogens with zero attached hydrogens (tertiary/aromatic N) is 1. The van der Waals surface area contributed by atoms with Crippen molar-refractivity contribution in [2.75, 3.05) is 0 Å². The molecule has 210 valence electrons. The van der Waals surface area contributed by atoms with E-state index in [9.17, 15) is 29.7 Å². The SMILES string of the molecule is CC[C@@H](C)[C@H]1C(=O)OC2c3cc(C)cc(O)c3C3=C(C(=O)c4c(O[C@H]5C[C@@H](O)[C@@H](O)[C@H](C)O5)cccc4C3=O)N21. The van der Waals surface area contributed by atoms with E-state index < -0.39 is 54.4 Å². The number of phenols is 1. The number of aryl methyl sites for hydroxylation is 1. The van der Waals surface area contributed by atoms with Crippen LogP contribution in [0, 0.1) is 12.8 Å². The molecule has 0 aromatic heterocycles. The molecule has 3 heterocycles. The van der Waals surface area contributed by atoms with Crippen LogP contribution in [0.4, 0.5) is 0 Å². The maximum atomic E-state index is 14.4. The van der Waals surface area contributed by atoms with Gasteiger partial charge in [0.25, 0.3) is 0 Å². The smallest absolute Gasteiger partial charge is 0.331 e. The zero-order valence-corrected chi connectivity index (χ0v) is 22.6. The number of allylic oxidation sites excluding steroid dienone is 2. The highest BCUT2D eigenvalue weighted by atomic mass is 16.7. The molecular weight excluding hydrogens is 518 g/mol. The third kappa shape index (κ3) is 3.77. The molecule has 6 rings (SSSR count). The minimum absolute atomic E-state index is 0.000771. The number of ketones is 2. The molecule has 2 fully saturated rings. The van der Waals surface area contributed by atoms with Gasteiger partial charge < -0.3 is 34.4 Å². The van der Waals surface area contributed by atoms with Gasteiger partial charge in [-0.15, -0.1) is 0 Å². The van der Waals surface area contributed by atoms with Crippen LogP contribution in [0.3, 0.4) is 0 Å². The van der Waals surface area contributed by atoms with Crippen molar-refractivity contribution in [1.82, 2.24) is 4.90 Å². The van der Waals surface area contributed by atoms with E-state index in [2.05, 4.69) is 0 Å². The molecule has 4 aliphatic rings. The summed E-state index contributed by atoms with van der Waals surface area (Å²) in [6.45, 7) is 7.20. The van der Waals surface area contributed by atoms with Crippen molar-refractivity contribution in [2.24, 2.45) is 5.92 Å². The van der Waals surface area contributed by atoms with Crippen molar-refractivity contribution in [3.8, 4) is 11.5 Å². The summed E-state index contributed by atoms with van der Waals surface area (Å²) in [7, 11) is 0. The molecule has 10 heteroatoms. The number of Topliss-reactive ketones (excluding diaryl/α,β-unsaturated/α-hetero) is 2. The third-order valence-electron chi connectivity index (χ3n) is 8.38. The first kappa shape index (κ1) is 26.5. The quantitative estimate of drug-likeness (QED) is 0.487. The molecule has 1 unspecified atom stereocenters. The van der Waals surface area contributed by atoms with E-state index in [1.807, 2.05) is 13.8 Å². The monoisotopic (exact) mass is 549 g/mol. The second-order valence-corrected chi connectivity index (χ2v) is 11.0. The minimum atomic E-state index is -1.09. The normalized spacial score (nSPS) is 29.9. The Morgan fingerprint density at radius 2 is 1.88 bits per heavy atom. The number of carbonyl (C=O) groups excluding carboxylic acids is 3. The molecule has 1 aliphatic carbocycles. The molecule has 3 N–H and O–H groups in total. The van der Waals surface area contributed by atoms with Gasteiger partial charge in [-0.2, -0.15) is 0 Å². The van der Waals surface area contributed by atoms with Crippen molar-refractivity contribution < 1.29 is 43.9 Å². The number of aliphatic hydroxyl groups is 2. The van der Waals surface area contributed by atoms with Gasteiger partial charge in [0.05, 0.1) is 23.3 Å². The molecule has 10 nitrogen and oxygen atoms in total. The maximum absolute atomic E-state index is 14.4. The fourth-order valence-corrected chi connectivity index (χ4v) is 6.20. The molecular formula is C30H31NO9. The van der Waals surface area contributed by atoms with Crippen LogP contribution in [0.25, 0.3) is 5.57 Å². The number of aromatic hydroxyl groups is 1. The van der Waals surface area contributed by atoms with Crippen molar-refractivity contribution in [2.45, 2.75) is 77.4 Å². The highest BCUT2D eigenvalue weighted by Crippen LogP contribution is 2.53.